The smallest absolute Gasteiger partial charge is 0.305 e. The molecule has 1 amide bonds. The van der Waals surface area contributed by atoms with Crippen molar-refractivity contribution in [2.24, 2.45) is 0 Å². The van der Waals surface area contributed by atoms with Crippen LogP contribution < -0.4 is 5.32 Å². The molecular weight excluding hydrogens is 449 g/mol. The number of hydrogen-bond acceptors (Lipinski definition) is 8. The van der Waals surface area contributed by atoms with Crippen molar-refractivity contribution in [1.29, 1.82) is 0 Å². The second-order valence-corrected chi connectivity index (χ2v) is 8.79. The monoisotopic (exact) mass is 467 g/mol. The number of pyridine rings is 1. The molecule has 1 N–H and O–H groups in total. The van der Waals surface area contributed by atoms with Crippen LogP contribution in [0.15, 0.2) is 36.7 Å². The Morgan fingerprint density at radius 2 is 2.03 bits per heavy atom. The lowest BCUT2D eigenvalue weighted by Crippen LogP contribution is -2.16. The standard InChI is InChI=1S/C21H18FN7O3S/c22-16-10-12(8-9-23-16)18-25-19(27-21(30)15-6-7-17(33-15)29(31)32)14-11-24-28(20(14)26-18)13-4-2-1-3-5-13/h6-11,13H,1-5H2,(H,25,26,27,30). The molecular formula is C21H18FN7O3S. The highest BCUT2D eigenvalue weighted by Crippen LogP contribution is 2.33. The van der Waals surface area contributed by atoms with Gasteiger partial charge in [0, 0.05) is 23.9 Å². The lowest BCUT2D eigenvalue weighted by molar-refractivity contribution is -0.380. The predicted octanol–water partition coefficient (Wildman–Crippen LogP) is 4.75. The lowest BCUT2D eigenvalue weighted by Gasteiger charge is -2.22. The van der Waals surface area contributed by atoms with E-state index in [0.29, 0.717) is 16.6 Å². The number of anilines is 1. The van der Waals surface area contributed by atoms with E-state index in [1.54, 1.807) is 12.3 Å². The van der Waals surface area contributed by atoms with Gasteiger partial charge in [0.05, 0.1) is 27.4 Å². The first-order chi connectivity index (χ1) is 16.0. The Balaban J connectivity index is 1.59. The van der Waals surface area contributed by atoms with Crippen LogP contribution in [0.3, 0.4) is 0 Å². The van der Waals surface area contributed by atoms with Crippen molar-refractivity contribution in [1.82, 2.24) is 24.7 Å². The molecule has 168 valence electrons. The van der Waals surface area contributed by atoms with Crippen LogP contribution in [0.1, 0.15) is 47.8 Å². The molecule has 4 heterocycles. The van der Waals surface area contributed by atoms with Crippen molar-refractivity contribution in [2.75, 3.05) is 5.32 Å². The van der Waals surface area contributed by atoms with E-state index < -0.39 is 16.8 Å². The van der Waals surface area contributed by atoms with Crippen LogP contribution in [0, 0.1) is 16.1 Å². The van der Waals surface area contributed by atoms with Crippen molar-refractivity contribution in [3.63, 3.8) is 0 Å². The molecule has 0 aliphatic heterocycles. The highest BCUT2D eigenvalue weighted by Gasteiger charge is 2.23. The Hall–Kier alpha value is -3.80. The SMILES string of the molecule is O=C(Nc1nc(-c2ccnc(F)c2)nc2c1cnn2C1CCCCC1)c1ccc([N+](=O)[O-])s1. The van der Waals surface area contributed by atoms with Crippen LogP contribution in [0.5, 0.6) is 0 Å². The first-order valence-corrected chi connectivity index (χ1v) is 11.2. The molecule has 4 aromatic rings. The van der Waals surface area contributed by atoms with Gasteiger partial charge in [0.1, 0.15) is 5.82 Å². The number of nitrogens with one attached hydrogen (secondary N) is 1. The fraction of sp³-hybridized carbons (Fsp3) is 0.286. The van der Waals surface area contributed by atoms with E-state index in [2.05, 4.69) is 25.4 Å². The minimum atomic E-state index is -0.673. The minimum absolute atomic E-state index is 0.133. The Morgan fingerprint density at radius 3 is 2.76 bits per heavy atom. The number of nitro groups is 1. The maximum Gasteiger partial charge on any atom is 0.324 e. The average Bonchev–Trinajstić information content (AvgIpc) is 3.48. The summed E-state index contributed by atoms with van der Waals surface area (Å²) in [6.07, 6.45) is 8.25. The number of amides is 1. The summed E-state index contributed by atoms with van der Waals surface area (Å²) in [5, 5.41) is 18.6. The first-order valence-electron chi connectivity index (χ1n) is 10.4. The van der Waals surface area contributed by atoms with Crippen molar-refractivity contribution < 1.29 is 14.1 Å². The average molecular weight is 467 g/mol. The maximum absolute atomic E-state index is 13.8. The normalized spacial score (nSPS) is 14.5. The number of nitrogens with zero attached hydrogens (tertiary/aromatic N) is 6. The molecule has 1 aliphatic carbocycles. The summed E-state index contributed by atoms with van der Waals surface area (Å²) < 4.78 is 15.6. The second-order valence-electron chi connectivity index (χ2n) is 7.73. The highest BCUT2D eigenvalue weighted by atomic mass is 32.1. The van der Waals surface area contributed by atoms with E-state index in [-0.39, 0.29) is 27.6 Å². The number of carbonyl (C=O) groups excluding carboxylic acids is 1. The van der Waals surface area contributed by atoms with Crippen molar-refractivity contribution in [2.45, 2.75) is 38.1 Å². The van der Waals surface area contributed by atoms with E-state index in [0.717, 1.165) is 37.0 Å². The highest BCUT2D eigenvalue weighted by molar-refractivity contribution is 7.17. The van der Waals surface area contributed by atoms with Gasteiger partial charge in [-0.25, -0.2) is 19.6 Å². The first kappa shape index (κ1) is 21.1. The van der Waals surface area contributed by atoms with Crippen LogP contribution in [0.2, 0.25) is 0 Å². The molecule has 5 rings (SSSR count). The number of hydrogen-bond donors (Lipinski definition) is 1. The summed E-state index contributed by atoms with van der Waals surface area (Å²) in [7, 11) is 0. The number of fused-ring (bicyclic) bond motifs is 1. The van der Waals surface area contributed by atoms with E-state index in [9.17, 15) is 19.3 Å². The molecule has 4 aromatic heterocycles. The van der Waals surface area contributed by atoms with Gasteiger partial charge in [0.25, 0.3) is 5.91 Å². The zero-order chi connectivity index (χ0) is 22.9. The van der Waals surface area contributed by atoms with E-state index in [4.69, 9.17) is 0 Å². The lowest BCUT2D eigenvalue weighted by atomic mass is 9.96. The van der Waals surface area contributed by atoms with Crippen molar-refractivity contribution >= 4 is 39.1 Å². The molecule has 0 atom stereocenters. The largest absolute Gasteiger partial charge is 0.324 e. The van der Waals surface area contributed by atoms with Gasteiger partial charge < -0.3 is 5.32 Å². The molecule has 0 radical (unpaired) electrons. The number of halogens is 1. The third-order valence-corrected chi connectivity index (χ3v) is 6.62. The van der Waals surface area contributed by atoms with Gasteiger partial charge in [0.15, 0.2) is 11.5 Å². The Bertz CT molecular complexity index is 1360. The predicted molar refractivity (Wildman–Crippen MR) is 120 cm³/mol. The summed E-state index contributed by atoms with van der Waals surface area (Å²) in [6, 6.07) is 5.65. The van der Waals surface area contributed by atoms with Crippen LogP contribution in [-0.4, -0.2) is 35.6 Å². The second kappa shape index (κ2) is 8.62. The van der Waals surface area contributed by atoms with Gasteiger partial charge in [-0.1, -0.05) is 30.6 Å². The van der Waals surface area contributed by atoms with E-state index in [1.807, 2.05) is 4.68 Å². The van der Waals surface area contributed by atoms with Crippen LogP contribution in [0.25, 0.3) is 22.4 Å². The molecule has 10 nitrogen and oxygen atoms in total. The fourth-order valence-corrected chi connectivity index (χ4v) is 4.72. The Labute approximate surface area is 190 Å². The summed E-state index contributed by atoms with van der Waals surface area (Å²) >= 11 is 0.771. The number of carbonyl (C=O) groups is 1. The summed E-state index contributed by atoms with van der Waals surface area (Å²) in [5.74, 6) is -0.789. The molecule has 1 saturated carbocycles. The van der Waals surface area contributed by atoms with E-state index in [1.165, 1.54) is 30.8 Å². The maximum atomic E-state index is 13.8. The molecule has 12 heteroatoms. The van der Waals surface area contributed by atoms with Gasteiger partial charge in [-0.2, -0.15) is 9.49 Å². The molecule has 1 aliphatic rings. The Kier molecular flexibility index (Phi) is 5.50. The molecule has 33 heavy (non-hydrogen) atoms. The number of rotatable bonds is 5. The van der Waals surface area contributed by atoms with Gasteiger partial charge in [0.2, 0.25) is 5.95 Å². The molecule has 0 saturated heterocycles. The molecule has 0 aromatic carbocycles. The van der Waals surface area contributed by atoms with Gasteiger partial charge in [-0.3, -0.25) is 14.9 Å². The third-order valence-electron chi connectivity index (χ3n) is 5.59. The van der Waals surface area contributed by atoms with Gasteiger partial charge in [-0.05, 0) is 25.0 Å². The number of aromatic nitrogens is 5. The number of thiophene rings is 1. The van der Waals surface area contributed by atoms with Gasteiger partial charge in [-0.15, -0.1) is 0 Å². The summed E-state index contributed by atoms with van der Waals surface area (Å²) in [6.45, 7) is 0. The zero-order valence-electron chi connectivity index (χ0n) is 17.3. The van der Waals surface area contributed by atoms with Crippen LogP contribution >= 0.6 is 11.3 Å². The molecule has 0 unspecified atom stereocenters. The van der Waals surface area contributed by atoms with Crippen LogP contribution in [-0.2, 0) is 0 Å². The minimum Gasteiger partial charge on any atom is -0.305 e. The third kappa shape index (κ3) is 4.16. The molecule has 1 fully saturated rings. The fourth-order valence-electron chi connectivity index (χ4n) is 4.00. The van der Waals surface area contributed by atoms with Crippen molar-refractivity contribution in [3.8, 4) is 11.4 Å². The Morgan fingerprint density at radius 1 is 1.21 bits per heavy atom. The van der Waals surface area contributed by atoms with E-state index >= 15 is 0 Å². The van der Waals surface area contributed by atoms with Gasteiger partial charge >= 0.3 is 5.00 Å². The summed E-state index contributed by atoms with van der Waals surface area (Å²) in [5.41, 5.74) is 0.944. The molecule has 0 bridgehead atoms. The molecule has 0 spiro atoms. The van der Waals surface area contributed by atoms with Crippen molar-refractivity contribution in [3.05, 3.63) is 57.6 Å². The van der Waals surface area contributed by atoms with Crippen LogP contribution in [0.4, 0.5) is 15.2 Å². The zero-order valence-corrected chi connectivity index (χ0v) is 18.1. The topological polar surface area (TPSA) is 129 Å². The quantitative estimate of drug-likeness (QED) is 0.255. The summed E-state index contributed by atoms with van der Waals surface area (Å²) in [4.78, 5) is 36.1.